The van der Waals surface area contributed by atoms with Gasteiger partial charge in [-0.25, -0.2) is 9.18 Å². The minimum atomic E-state index is -0.756. The molecule has 194 valence electrons. The van der Waals surface area contributed by atoms with Crippen LogP contribution in [0.1, 0.15) is 46.8 Å². The molecule has 0 bridgehead atoms. The Bertz CT molecular complexity index is 1530. The number of fused-ring (bicyclic) bond motifs is 2. The van der Waals surface area contributed by atoms with Gasteiger partial charge in [0.05, 0.1) is 30.0 Å². The van der Waals surface area contributed by atoms with Crippen molar-refractivity contribution in [3.8, 4) is 11.5 Å². The molecule has 0 saturated heterocycles. The highest BCUT2D eigenvalue weighted by Crippen LogP contribution is 2.49. The SMILES string of the molecule is CCOC(=O)C1=C(C)NC2=C(C(=O)c3ccccc32)[C@H]1c1cc(Cl)c(OCc2cccc(F)c2)c(OC)c1. The van der Waals surface area contributed by atoms with Crippen molar-refractivity contribution in [3.63, 3.8) is 0 Å². The number of carbonyl (C=O) groups is 2. The highest BCUT2D eigenvalue weighted by atomic mass is 35.5. The normalized spacial score (nSPS) is 16.1. The molecule has 0 amide bonds. The minimum Gasteiger partial charge on any atom is -0.493 e. The third-order valence-electron chi connectivity index (χ3n) is 6.60. The summed E-state index contributed by atoms with van der Waals surface area (Å²) in [7, 11) is 1.47. The van der Waals surface area contributed by atoms with Crippen LogP contribution in [0.2, 0.25) is 5.02 Å². The summed E-state index contributed by atoms with van der Waals surface area (Å²) in [5.74, 6) is -1.25. The van der Waals surface area contributed by atoms with Gasteiger partial charge in [0.2, 0.25) is 0 Å². The van der Waals surface area contributed by atoms with E-state index in [9.17, 15) is 14.0 Å². The van der Waals surface area contributed by atoms with Crippen LogP contribution in [0.15, 0.2) is 77.5 Å². The monoisotopic (exact) mass is 533 g/mol. The standard InChI is InChI=1S/C30H25ClFNO5/c1-4-37-30(35)24-16(2)33-27-20-10-5-6-11-21(20)28(34)26(27)25(24)18-13-22(31)29(23(14-18)36-3)38-15-17-8-7-9-19(32)12-17/h5-14,25,33H,4,15H2,1-3H3/t25-/m0/s1. The molecule has 0 spiro atoms. The van der Waals surface area contributed by atoms with E-state index in [-0.39, 0.29) is 35.6 Å². The maximum absolute atomic E-state index is 13.6. The molecule has 8 heteroatoms. The van der Waals surface area contributed by atoms with Crippen LogP contribution in [0, 0.1) is 5.82 Å². The number of Topliss-reactive ketones (excluding diaryl/α,β-unsaturated/α-hetero) is 1. The molecule has 2 aliphatic rings. The average molecular weight is 534 g/mol. The van der Waals surface area contributed by atoms with Crippen LogP contribution in [0.5, 0.6) is 11.5 Å². The van der Waals surface area contributed by atoms with Gasteiger partial charge in [-0.3, -0.25) is 4.79 Å². The molecule has 1 atom stereocenters. The molecule has 38 heavy (non-hydrogen) atoms. The third kappa shape index (κ3) is 4.43. The number of ether oxygens (including phenoxy) is 3. The van der Waals surface area contributed by atoms with Gasteiger partial charge in [0, 0.05) is 28.3 Å². The van der Waals surface area contributed by atoms with E-state index in [2.05, 4.69) is 5.32 Å². The molecule has 1 heterocycles. The first-order chi connectivity index (χ1) is 18.3. The molecule has 3 aromatic carbocycles. The second-order valence-electron chi connectivity index (χ2n) is 8.93. The maximum Gasteiger partial charge on any atom is 0.336 e. The van der Waals surface area contributed by atoms with E-state index in [0.717, 1.165) is 5.56 Å². The van der Waals surface area contributed by atoms with E-state index in [1.807, 2.05) is 12.1 Å². The van der Waals surface area contributed by atoms with E-state index in [0.29, 0.717) is 45.0 Å². The number of dihydropyridines is 1. The van der Waals surface area contributed by atoms with Crippen LogP contribution in [-0.2, 0) is 16.1 Å². The molecule has 0 radical (unpaired) electrons. The first kappa shape index (κ1) is 25.5. The minimum absolute atomic E-state index is 0.0662. The highest BCUT2D eigenvalue weighted by molar-refractivity contribution is 6.32. The quantitative estimate of drug-likeness (QED) is 0.365. The second-order valence-corrected chi connectivity index (χ2v) is 9.34. The number of carbonyl (C=O) groups excluding carboxylic acids is 2. The molecule has 3 aromatic rings. The van der Waals surface area contributed by atoms with Crippen molar-refractivity contribution in [2.24, 2.45) is 0 Å². The lowest BCUT2D eigenvalue weighted by atomic mass is 9.79. The zero-order chi connectivity index (χ0) is 27.0. The van der Waals surface area contributed by atoms with Crippen LogP contribution in [0.4, 0.5) is 4.39 Å². The van der Waals surface area contributed by atoms with Crippen LogP contribution < -0.4 is 14.8 Å². The fourth-order valence-corrected chi connectivity index (χ4v) is 5.24. The molecule has 0 fully saturated rings. The molecule has 1 aliphatic heterocycles. The third-order valence-corrected chi connectivity index (χ3v) is 6.88. The Morgan fingerprint density at radius 1 is 1.08 bits per heavy atom. The largest absolute Gasteiger partial charge is 0.493 e. The lowest BCUT2D eigenvalue weighted by Gasteiger charge is -2.29. The maximum atomic E-state index is 13.6. The van der Waals surface area contributed by atoms with Gasteiger partial charge in [-0.05, 0) is 49.2 Å². The van der Waals surface area contributed by atoms with Crippen molar-refractivity contribution in [1.82, 2.24) is 5.32 Å². The summed E-state index contributed by atoms with van der Waals surface area (Å²) in [5, 5.41) is 3.49. The van der Waals surface area contributed by atoms with Crippen LogP contribution in [0.3, 0.4) is 0 Å². The second kappa shape index (κ2) is 10.3. The molecular formula is C30H25ClFNO5. The Labute approximate surface area is 224 Å². The van der Waals surface area contributed by atoms with Crippen LogP contribution >= 0.6 is 11.6 Å². The van der Waals surface area contributed by atoms with Crippen LogP contribution in [-0.4, -0.2) is 25.5 Å². The van der Waals surface area contributed by atoms with Crippen molar-refractivity contribution in [1.29, 1.82) is 0 Å². The summed E-state index contributed by atoms with van der Waals surface area (Å²) in [4.78, 5) is 26.8. The predicted octanol–water partition coefficient (Wildman–Crippen LogP) is 6.20. The predicted molar refractivity (Wildman–Crippen MR) is 142 cm³/mol. The Balaban J connectivity index is 1.60. The number of benzene rings is 3. The summed E-state index contributed by atoms with van der Waals surface area (Å²) in [5.41, 5.74) is 4.51. The molecule has 0 unspecified atom stereocenters. The smallest absolute Gasteiger partial charge is 0.336 e. The van der Waals surface area contributed by atoms with Crippen molar-refractivity contribution in [2.45, 2.75) is 26.4 Å². The van der Waals surface area contributed by atoms with Gasteiger partial charge in [-0.1, -0.05) is 48.0 Å². The van der Waals surface area contributed by atoms with Crippen molar-refractivity contribution in [2.75, 3.05) is 13.7 Å². The molecular weight excluding hydrogens is 509 g/mol. The number of esters is 1. The fourth-order valence-electron chi connectivity index (χ4n) is 4.97. The number of nitrogens with one attached hydrogen (secondary N) is 1. The van der Waals surface area contributed by atoms with Gasteiger partial charge in [-0.2, -0.15) is 0 Å². The molecule has 1 N–H and O–H groups in total. The van der Waals surface area contributed by atoms with Crippen molar-refractivity contribution >= 4 is 29.1 Å². The summed E-state index contributed by atoms with van der Waals surface area (Å²) in [6.45, 7) is 3.75. The van der Waals surface area contributed by atoms with E-state index in [1.165, 1.54) is 19.2 Å². The zero-order valence-electron chi connectivity index (χ0n) is 21.1. The molecule has 6 nitrogen and oxygen atoms in total. The van der Waals surface area contributed by atoms with Crippen LogP contribution in [0.25, 0.3) is 5.70 Å². The lowest BCUT2D eigenvalue weighted by molar-refractivity contribution is -0.138. The van der Waals surface area contributed by atoms with Crippen molar-refractivity contribution < 1.29 is 28.2 Å². The Morgan fingerprint density at radius 2 is 1.84 bits per heavy atom. The number of halogens is 2. The number of ketones is 1. The molecule has 1 aliphatic carbocycles. The Hall–Kier alpha value is -4.10. The number of methoxy groups -OCH3 is 1. The lowest BCUT2D eigenvalue weighted by Crippen LogP contribution is -2.29. The molecule has 0 saturated carbocycles. The molecule has 5 rings (SSSR count). The van der Waals surface area contributed by atoms with E-state index >= 15 is 0 Å². The van der Waals surface area contributed by atoms with Gasteiger partial charge >= 0.3 is 5.97 Å². The number of rotatable bonds is 7. The number of allylic oxidation sites excluding steroid dienone is 2. The van der Waals surface area contributed by atoms with Crippen molar-refractivity contribution in [3.05, 3.63) is 111 Å². The first-order valence-electron chi connectivity index (χ1n) is 12.1. The summed E-state index contributed by atoms with van der Waals surface area (Å²) >= 11 is 6.70. The van der Waals surface area contributed by atoms with Gasteiger partial charge in [0.1, 0.15) is 12.4 Å². The first-order valence-corrected chi connectivity index (χ1v) is 12.5. The number of hydrogen-bond donors (Lipinski definition) is 1. The van der Waals surface area contributed by atoms with E-state index < -0.39 is 11.9 Å². The van der Waals surface area contributed by atoms with Gasteiger partial charge in [-0.15, -0.1) is 0 Å². The fraction of sp³-hybridized carbons (Fsp3) is 0.200. The topological polar surface area (TPSA) is 73.9 Å². The van der Waals surface area contributed by atoms with E-state index in [1.54, 1.807) is 50.2 Å². The Morgan fingerprint density at radius 3 is 2.55 bits per heavy atom. The van der Waals surface area contributed by atoms with Gasteiger partial charge in [0.25, 0.3) is 0 Å². The van der Waals surface area contributed by atoms with Gasteiger partial charge in [0.15, 0.2) is 17.3 Å². The highest BCUT2D eigenvalue weighted by Gasteiger charge is 2.43. The zero-order valence-corrected chi connectivity index (χ0v) is 21.8. The van der Waals surface area contributed by atoms with E-state index in [4.69, 9.17) is 25.8 Å². The average Bonchev–Trinajstić information content (AvgIpc) is 3.18. The summed E-state index contributed by atoms with van der Waals surface area (Å²) < 4.78 is 30.5. The van der Waals surface area contributed by atoms with Gasteiger partial charge < -0.3 is 19.5 Å². The summed E-state index contributed by atoms with van der Waals surface area (Å²) in [6, 6.07) is 16.7. The molecule has 0 aromatic heterocycles. The Kier molecular flexibility index (Phi) is 6.95. The number of hydrogen-bond acceptors (Lipinski definition) is 6. The summed E-state index contributed by atoms with van der Waals surface area (Å²) in [6.07, 6.45) is 0.